The zero-order chi connectivity index (χ0) is 18.4. The summed E-state index contributed by atoms with van der Waals surface area (Å²) in [6.07, 6.45) is 2.35. The second-order valence-electron chi connectivity index (χ2n) is 6.28. The van der Waals surface area contributed by atoms with E-state index in [2.05, 4.69) is 10.6 Å². The lowest BCUT2D eigenvalue weighted by Gasteiger charge is -2.11. The van der Waals surface area contributed by atoms with Gasteiger partial charge in [0.15, 0.2) is 0 Å². The smallest absolute Gasteiger partial charge is 0.251 e. The van der Waals surface area contributed by atoms with Gasteiger partial charge in [0, 0.05) is 29.4 Å². The van der Waals surface area contributed by atoms with Crippen molar-refractivity contribution in [1.82, 2.24) is 5.32 Å². The Morgan fingerprint density at radius 2 is 1.96 bits per heavy atom. The van der Waals surface area contributed by atoms with E-state index in [1.807, 2.05) is 12.1 Å². The summed E-state index contributed by atoms with van der Waals surface area (Å²) in [5.74, 6) is -0.321. The molecule has 2 aromatic rings. The SMILES string of the molecule is O=C(Cc1ccc(Cl)cc1)Nc1cccc(C(=O)NC[C@H]2CCCO2)c1. The van der Waals surface area contributed by atoms with E-state index in [9.17, 15) is 9.59 Å². The van der Waals surface area contributed by atoms with E-state index in [0.29, 0.717) is 22.8 Å². The zero-order valence-electron chi connectivity index (χ0n) is 14.3. The maximum atomic E-state index is 12.3. The summed E-state index contributed by atoms with van der Waals surface area (Å²) in [5.41, 5.74) is 1.97. The van der Waals surface area contributed by atoms with Gasteiger partial charge in [-0.1, -0.05) is 29.8 Å². The number of anilines is 1. The number of ether oxygens (including phenoxy) is 1. The number of amides is 2. The standard InChI is InChI=1S/C20H21ClN2O3/c21-16-8-6-14(7-9-16)11-19(24)23-17-4-1-3-15(12-17)20(25)22-13-18-5-2-10-26-18/h1,3-4,6-9,12,18H,2,5,10-11,13H2,(H,22,25)(H,23,24)/t18-/m1/s1. The molecule has 1 fully saturated rings. The third-order valence-electron chi connectivity index (χ3n) is 4.20. The predicted octanol–water partition coefficient (Wildman–Crippen LogP) is 3.43. The summed E-state index contributed by atoms with van der Waals surface area (Å²) < 4.78 is 5.50. The Bertz CT molecular complexity index is 771. The van der Waals surface area contributed by atoms with Crippen LogP contribution in [0.25, 0.3) is 0 Å². The van der Waals surface area contributed by atoms with Crippen LogP contribution < -0.4 is 10.6 Å². The molecule has 0 spiro atoms. The van der Waals surface area contributed by atoms with Gasteiger partial charge in [-0.05, 0) is 48.7 Å². The van der Waals surface area contributed by atoms with Crippen molar-refractivity contribution in [1.29, 1.82) is 0 Å². The van der Waals surface area contributed by atoms with Crippen molar-refractivity contribution in [3.63, 3.8) is 0 Å². The van der Waals surface area contributed by atoms with E-state index >= 15 is 0 Å². The molecule has 2 amide bonds. The average Bonchev–Trinajstić information content (AvgIpc) is 3.15. The molecule has 0 unspecified atom stereocenters. The molecule has 136 valence electrons. The fourth-order valence-corrected chi connectivity index (χ4v) is 2.97. The molecule has 3 rings (SSSR count). The molecule has 1 aliphatic rings. The zero-order valence-corrected chi connectivity index (χ0v) is 15.1. The second-order valence-corrected chi connectivity index (χ2v) is 6.71. The third-order valence-corrected chi connectivity index (χ3v) is 4.45. The van der Waals surface area contributed by atoms with Crippen LogP contribution >= 0.6 is 11.6 Å². The first-order valence-electron chi connectivity index (χ1n) is 8.64. The molecule has 2 aromatic carbocycles. The van der Waals surface area contributed by atoms with Gasteiger partial charge in [0.2, 0.25) is 5.91 Å². The van der Waals surface area contributed by atoms with E-state index in [4.69, 9.17) is 16.3 Å². The molecule has 1 saturated heterocycles. The van der Waals surface area contributed by atoms with Gasteiger partial charge in [0.05, 0.1) is 12.5 Å². The number of nitrogens with one attached hydrogen (secondary N) is 2. The van der Waals surface area contributed by atoms with Crippen molar-refractivity contribution in [3.05, 3.63) is 64.7 Å². The minimum Gasteiger partial charge on any atom is -0.376 e. The number of benzene rings is 2. The van der Waals surface area contributed by atoms with Crippen LogP contribution in [0.1, 0.15) is 28.8 Å². The van der Waals surface area contributed by atoms with Crippen molar-refractivity contribution >= 4 is 29.1 Å². The van der Waals surface area contributed by atoms with Gasteiger partial charge in [-0.3, -0.25) is 9.59 Å². The monoisotopic (exact) mass is 372 g/mol. The Morgan fingerprint density at radius 1 is 1.15 bits per heavy atom. The van der Waals surface area contributed by atoms with Crippen LogP contribution in [0.15, 0.2) is 48.5 Å². The third kappa shape index (κ3) is 5.31. The lowest BCUT2D eigenvalue weighted by molar-refractivity contribution is -0.115. The number of rotatable bonds is 6. The molecule has 0 aliphatic carbocycles. The number of hydrogen-bond acceptors (Lipinski definition) is 3. The Labute approximate surface area is 157 Å². The van der Waals surface area contributed by atoms with Crippen molar-refractivity contribution in [3.8, 4) is 0 Å². The van der Waals surface area contributed by atoms with E-state index in [0.717, 1.165) is 25.0 Å². The number of halogens is 1. The van der Waals surface area contributed by atoms with Crippen molar-refractivity contribution < 1.29 is 14.3 Å². The van der Waals surface area contributed by atoms with Gasteiger partial charge < -0.3 is 15.4 Å². The molecule has 1 aliphatic heterocycles. The van der Waals surface area contributed by atoms with Crippen molar-refractivity contribution in [2.75, 3.05) is 18.5 Å². The highest BCUT2D eigenvalue weighted by Crippen LogP contribution is 2.14. The van der Waals surface area contributed by atoms with E-state index in [1.54, 1.807) is 36.4 Å². The average molecular weight is 373 g/mol. The van der Waals surface area contributed by atoms with Crippen LogP contribution in [0.4, 0.5) is 5.69 Å². The van der Waals surface area contributed by atoms with E-state index in [1.165, 1.54) is 0 Å². The van der Waals surface area contributed by atoms with E-state index in [-0.39, 0.29) is 24.3 Å². The molecule has 1 heterocycles. The Morgan fingerprint density at radius 3 is 2.69 bits per heavy atom. The maximum absolute atomic E-state index is 12.3. The molecule has 0 aromatic heterocycles. The van der Waals surface area contributed by atoms with Gasteiger partial charge >= 0.3 is 0 Å². The van der Waals surface area contributed by atoms with Gasteiger partial charge in [-0.25, -0.2) is 0 Å². The van der Waals surface area contributed by atoms with Crippen LogP contribution in [0.5, 0.6) is 0 Å². The molecular formula is C20H21ClN2O3. The normalized spacial score (nSPS) is 16.3. The fourth-order valence-electron chi connectivity index (χ4n) is 2.84. The highest BCUT2D eigenvalue weighted by atomic mass is 35.5. The first-order valence-corrected chi connectivity index (χ1v) is 9.02. The maximum Gasteiger partial charge on any atom is 0.251 e. The predicted molar refractivity (Wildman–Crippen MR) is 102 cm³/mol. The fraction of sp³-hybridized carbons (Fsp3) is 0.300. The van der Waals surface area contributed by atoms with Gasteiger partial charge in [-0.2, -0.15) is 0 Å². The summed E-state index contributed by atoms with van der Waals surface area (Å²) >= 11 is 5.85. The summed E-state index contributed by atoms with van der Waals surface area (Å²) in [6.45, 7) is 1.27. The topological polar surface area (TPSA) is 67.4 Å². The molecule has 0 radical (unpaired) electrons. The molecule has 0 saturated carbocycles. The van der Waals surface area contributed by atoms with Crippen LogP contribution in [0.3, 0.4) is 0 Å². The summed E-state index contributed by atoms with van der Waals surface area (Å²) in [4.78, 5) is 24.5. The molecule has 0 bridgehead atoms. The number of carbonyl (C=O) groups excluding carboxylic acids is 2. The number of hydrogen-bond donors (Lipinski definition) is 2. The van der Waals surface area contributed by atoms with Crippen LogP contribution in [-0.2, 0) is 16.0 Å². The first-order chi connectivity index (χ1) is 12.6. The van der Waals surface area contributed by atoms with Crippen LogP contribution in [-0.4, -0.2) is 31.1 Å². The minimum absolute atomic E-state index is 0.0983. The van der Waals surface area contributed by atoms with Crippen molar-refractivity contribution in [2.45, 2.75) is 25.4 Å². The Hall–Kier alpha value is -2.37. The Kier molecular flexibility index (Phi) is 6.26. The minimum atomic E-state index is -0.172. The molecule has 1 atom stereocenters. The van der Waals surface area contributed by atoms with Gasteiger partial charge in [-0.15, -0.1) is 0 Å². The Balaban J connectivity index is 1.55. The number of carbonyl (C=O) groups is 2. The van der Waals surface area contributed by atoms with Crippen molar-refractivity contribution in [2.24, 2.45) is 0 Å². The highest BCUT2D eigenvalue weighted by molar-refractivity contribution is 6.30. The summed E-state index contributed by atoms with van der Waals surface area (Å²) in [7, 11) is 0. The van der Waals surface area contributed by atoms with Gasteiger partial charge in [0.1, 0.15) is 0 Å². The molecule has 6 heteroatoms. The summed E-state index contributed by atoms with van der Waals surface area (Å²) in [6, 6.07) is 14.0. The lowest BCUT2D eigenvalue weighted by atomic mass is 10.1. The summed E-state index contributed by atoms with van der Waals surface area (Å²) in [5, 5.41) is 6.33. The van der Waals surface area contributed by atoms with Gasteiger partial charge in [0.25, 0.3) is 5.91 Å². The highest BCUT2D eigenvalue weighted by Gasteiger charge is 2.17. The van der Waals surface area contributed by atoms with Crippen LogP contribution in [0.2, 0.25) is 5.02 Å². The van der Waals surface area contributed by atoms with Crippen LogP contribution in [0, 0.1) is 0 Å². The quantitative estimate of drug-likeness (QED) is 0.816. The molecular weight excluding hydrogens is 352 g/mol. The molecule has 5 nitrogen and oxygen atoms in total. The van der Waals surface area contributed by atoms with E-state index < -0.39 is 0 Å². The largest absolute Gasteiger partial charge is 0.376 e. The second kappa shape index (κ2) is 8.83. The lowest BCUT2D eigenvalue weighted by Crippen LogP contribution is -2.31. The first kappa shape index (κ1) is 18.4. The molecule has 2 N–H and O–H groups in total. The molecule has 26 heavy (non-hydrogen) atoms.